The van der Waals surface area contributed by atoms with E-state index in [-0.39, 0.29) is 24.8 Å². The minimum absolute atomic E-state index is 0.116. The number of benzene rings is 2. The minimum atomic E-state index is -0.223. The molecular formula is C18H17Cl3N2O2. The van der Waals surface area contributed by atoms with Gasteiger partial charge in [0.25, 0.3) is 0 Å². The van der Waals surface area contributed by atoms with Crippen molar-refractivity contribution in [2.24, 2.45) is 0 Å². The molecule has 0 spiro atoms. The smallest absolute Gasteiger partial charge is 0.226 e. The molecule has 7 heteroatoms. The molecule has 0 saturated heterocycles. The van der Waals surface area contributed by atoms with E-state index < -0.39 is 0 Å². The molecule has 0 unspecified atom stereocenters. The molecule has 0 bridgehead atoms. The third-order valence-corrected chi connectivity index (χ3v) is 4.39. The lowest BCUT2D eigenvalue weighted by Gasteiger charge is -2.22. The lowest BCUT2D eigenvalue weighted by atomic mass is 10.2. The largest absolute Gasteiger partial charge is 0.326 e. The van der Waals surface area contributed by atoms with Crippen LogP contribution in [-0.4, -0.2) is 18.4 Å². The molecule has 0 radical (unpaired) electrons. The maximum Gasteiger partial charge on any atom is 0.226 e. The van der Waals surface area contributed by atoms with Gasteiger partial charge in [0.1, 0.15) is 0 Å². The van der Waals surface area contributed by atoms with Gasteiger partial charge in [-0.1, -0.05) is 34.8 Å². The summed E-state index contributed by atoms with van der Waals surface area (Å²) in [5, 5.41) is 4.28. The van der Waals surface area contributed by atoms with E-state index in [1.165, 1.54) is 11.8 Å². The number of aryl methyl sites for hydroxylation is 1. The maximum atomic E-state index is 12.2. The molecule has 2 amide bonds. The van der Waals surface area contributed by atoms with Crippen molar-refractivity contribution in [2.75, 3.05) is 16.8 Å². The first kappa shape index (κ1) is 19.6. The predicted octanol–water partition coefficient (Wildman–Crippen LogP) is 5.34. The first-order valence-electron chi connectivity index (χ1n) is 7.57. The summed E-state index contributed by atoms with van der Waals surface area (Å²) >= 11 is 18.0. The van der Waals surface area contributed by atoms with Gasteiger partial charge < -0.3 is 10.2 Å². The molecule has 4 nitrogen and oxygen atoms in total. The first-order valence-corrected chi connectivity index (χ1v) is 8.70. The molecule has 0 fully saturated rings. The molecule has 0 aliphatic heterocycles. The summed E-state index contributed by atoms with van der Waals surface area (Å²) in [6.45, 7) is 3.46. The monoisotopic (exact) mass is 398 g/mol. The van der Waals surface area contributed by atoms with Crippen LogP contribution in [0.3, 0.4) is 0 Å². The average Bonchev–Trinajstić information content (AvgIpc) is 2.53. The van der Waals surface area contributed by atoms with Crippen molar-refractivity contribution in [3.8, 4) is 0 Å². The van der Waals surface area contributed by atoms with Crippen molar-refractivity contribution in [3.05, 3.63) is 57.0 Å². The number of hydrogen-bond acceptors (Lipinski definition) is 2. The highest BCUT2D eigenvalue weighted by Gasteiger charge is 2.17. The summed E-state index contributed by atoms with van der Waals surface area (Å²) in [7, 11) is 0. The fraction of sp³-hybridized carbons (Fsp3) is 0.222. The molecule has 0 aliphatic carbocycles. The van der Waals surface area contributed by atoms with Crippen molar-refractivity contribution in [1.82, 2.24) is 0 Å². The van der Waals surface area contributed by atoms with E-state index in [0.29, 0.717) is 26.4 Å². The molecule has 132 valence electrons. The number of hydrogen-bond donors (Lipinski definition) is 1. The van der Waals surface area contributed by atoms with E-state index in [1.807, 2.05) is 6.92 Å². The van der Waals surface area contributed by atoms with Crippen LogP contribution in [0, 0.1) is 6.92 Å². The van der Waals surface area contributed by atoms with E-state index in [9.17, 15) is 9.59 Å². The highest BCUT2D eigenvalue weighted by Crippen LogP contribution is 2.29. The number of nitrogens with zero attached hydrogens (tertiary/aromatic N) is 1. The second-order valence-corrected chi connectivity index (χ2v) is 6.80. The Balaban J connectivity index is 2.07. The van der Waals surface area contributed by atoms with Crippen LogP contribution in [0.2, 0.25) is 15.1 Å². The van der Waals surface area contributed by atoms with Crippen LogP contribution in [0.5, 0.6) is 0 Å². The molecular weight excluding hydrogens is 383 g/mol. The molecule has 0 aromatic heterocycles. The summed E-state index contributed by atoms with van der Waals surface area (Å²) in [5.41, 5.74) is 2.03. The zero-order valence-corrected chi connectivity index (χ0v) is 16.0. The number of rotatable bonds is 5. The lowest BCUT2D eigenvalue weighted by Crippen LogP contribution is -2.32. The van der Waals surface area contributed by atoms with E-state index in [0.717, 1.165) is 5.56 Å². The summed E-state index contributed by atoms with van der Waals surface area (Å²) in [6.07, 6.45) is 0.116. The Hall–Kier alpha value is -1.75. The summed E-state index contributed by atoms with van der Waals surface area (Å²) in [4.78, 5) is 25.6. The van der Waals surface area contributed by atoms with Gasteiger partial charge in [0.15, 0.2) is 0 Å². The van der Waals surface area contributed by atoms with Gasteiger partial charge in [0.05, 0.1) is 10.7 Å². The van der Waals surface area contributed by atoms with Crippen LogP contribution in [0.15, 0.2) is 36.4 Å². The zero-order chi connectivity index (χ0) is 18.6. The van der Waals surface area contributed by atoms with Crippen molar-refractivity contribution in [2.45, 2.75) is 20.3 Å². The second kappa shape index (κ2) is 8.56. The van der Waals surface area contributed by atoms with Crippen molar-refractivity contribution >= 4 is 58.0 Å². The topological polar surface area (TPSA) is 49.4 Å². The normalized spacial score (nSPS) is 10.4. The fourth-order valence-electron chi connectivity index (χ4n) is 2.33. The third kappa shape index (κ3) is 5.36. The van der Waals surface area contributed by atoms with Crippen LogP contribution in [0.25, 0.3) is 0 Å². The van der Waals surface area contributed by atoms with Gasteiger partial charge in [0.2, 0.25) is 11.8 Å². The maximum absolute atomic E-state index is 12.2. The first-order chi connectivity index (χ1) is 11.8. The van der Waals surface area contributed by atoms with Crippen LogP contribution < -0.4 is 10.2 Å². The molecule has 2 aromatic rings. The minimum Gasteiger partial charge on any atom is -0.326 e. The number of nitrogens with one attached hydrogen (secondary N) is 1. The third-order valence-electron chi connectivity index (χ3n) is 3.60. The summed E-state index contributed by atoms with van der Waals surface area (Å²) < 4.78 is 0. The summed E-state index contributed by atoms with van der Waals surface area (Å²) in [5.74, 6) is -0.436. The Morgan fingerprint density at radius 3 is 2.32 bits per heavy atom. The zero-order valence-electron chi connectivity index (χ0n) is 13.8. The molecule has 0 saturated carbocycles. The standard InChI is InChI=1S/C18H17Cl3N2O2/c1-11-9-13(19)4-6-16(11)22-18(25)7-8-23(12(2)24)17-10-14(20)3-5-15(17)21/h3-6,9-10H,7-8H2,1-2H3,(H,22,25). The van der Waals surface area contributed by atoms with Crippen molar-refractivity contribution in [1.29, 1.82) is 0 Å². The highest BCUT2D eigenvalue weighted by atomic mass is 35.5. The quantitative estimate of drug-likeness (QED) is 0.738. The van der Waals surface area contributed by atoms with Gasteiger partial charge in [-0.25, -0.2) is 0 Å². The van der Waals surface area contributed by atoms with E-state index in [1.54, 1.807) is 36.4 Å². The van der Waals surface area contributed by atoms with Crippen LogP contribution in [-0.2, 0) is 9.59 Å². The Labute approximate surface area is 161 Å². The Bertz CT molecular complexity index is 809. The molecule has 25 heavy (non-hydrogen) atoms. The number of carbonyl (C=O) groups excluding carboxylic acids is 2. The van der Waals surface area contributed by atoms with Crippen LogP contribution in [0.4, 0.5) is 11.4 Å². The molecule has 2 rings (SSSR count). The fourth-order valence-corrected chi connectivity index (χ4v) is 2.95. The van der Waals surface area contributed by atoms with E-state index in [4.69, 9.17) is 34.8 Å². The number of carbonyl (C=O) groups is 2. The van der Waals surface area contributed by atoms with Gasteiger partial charge in [-0.05, 0) is 48.9 Å². The highest BCUT2D eigenvalue weighted by molar-refractivity contribution is 6.35. The van der Waals surface area contributed by atoms with Gasteiger partial charge in [-0.3, -0.25) is 9.59 Å². The van der Waals surface area contributed by atoms with E-state index in [2.05, 4.69) is 5.32 Å². The average molecular weight is 400 g/mol. The van der Waals surface area contributed by atoms with Crippen molar-refractivity contribution in [3.63, 3.8) is 0 Å². The van der Waals surface area contributed by atoms with Crippen LogP contribution in [0.1, 0.15) is 18.9 Å². The van der Waals surface area contributed by atoms with Gasteiger partial charge in [0, 0.05) is 35.6 Å². The Morgan fingerprint density at radius 2 is 1.68 bits per heavy atom. The predicted molar refractivity (Wildman–Crippen MR) is 104 cm³/mol. The number of anilines is 2. The molecule has 0 atom stereocenters. The second-order valence-electron chi connectivity index (χ2n) is 5.52. The lowest BCUT2D eigenvalue weighted by molar-refractivity contribution is -0.117. The number of amides is 2. The molecule has 0 heterocycles. The SMILES string of the molecule is CC(=O)N(CCC(=O)Nc1ccc(Cl)cc1C)c1cc(Cl)ccc1Cl. The summed E-state index contributed by atoms with van der Waals surface area (Å²) in [6, 6.07) is 10.1. The van der Waals surface area contributed by atoms with Gasteiger partial charge in [-0.15, -0.1) is 0 Å². The van der Waals surface area contributed by atoms with Gasteiger partial charge in [-0.2, -0.15) is 0 Å². The molecule has 1 N–H and O–H groups in total. The van der Waals surface area contributed by atoms with Crippen LogP contribution >= 0.6 is 34.8 Å². The Morgan fingerprint density at radius 1 is 1.04 bits per heavy atom. The number of halogens is 3. The van der Waals surface area contributed by atoms with Crippen molar-refractivity contribution < 1.29 is 9.59 Å². The van der Waals surface area contributed by atoms with E-state index >= 15 is 0 Å². The van der Waals surface area contributed by atoms with Gasteiger partial charge >= 0.3 is 0 Å². The Kier molecular flexibility index (Phi) is 6.71. The molecule has 0 aliphatic rings. The molecule has 2 aromatic carbocycles.